The summed E-state index contributed by atoms with van der Waals surface area (Å²) in [6.45, 7) is 7.06. The van der Waals surface area contributed by atoms with Gasteiger partial charge in [0.1, 0.15) is 0 Å². The van der Waals surface area contributed by atoms with Crippen LogP contribution in [0.3, 0.4) is 0 Å². The molecule has 0 aromatic rings. The highest BCUT2D eigenvalue weighted by atomic mass is 31.1. The standard InChI is InChI=1S/C15H31P/c1-4-7-9-14-11-12-15(10-8-5-2)16(14)13-6-3/h14-15H,4-13H2,1-3H3. The van der Waals surface area contributed by atoms with E-state index in [1.807, 2.05) is 0 Å². The normalized spacial score (nSPS) is 29.8. The Morgan fingerprint density at radius 3 is 1.69 bits per heavy atom. The number of unbranched alkanes of at least 4 members (excludes halogenated alkanes) is 2. The van der Waals surface area contributed by atoms with Gasteiger partial charge in [0.15, 0.2) is 0 Å². The van der Waals surface area contributed by atoms with Gasteiger partial charge < -0.3 is 0 Å². The lowest BCUT2D eigenvalue weighted by Gasteiger charge is -2.25. The molecule has 1 fully saturated rings. The summed E-state index contributed by atoms with van der Waals surface area (Å²) in [4.78, 5) is 0. The molecule has 0 amide bonds. The summed E-state index contributed by atoms with van der Waals surface area (Å²) in [5, 5.41) is 0. The van der Waals surface area contributed by atoms with Crippen LogP contribution < -0.4 is 0 Å². The maximum absolute atomic E-state index is 2.38. The first-order valence-corrected chi connectivity index (χ1v) is 9.25. The summed E-state index contributed by atoms with van der Waals surface area (Å²) in [7, 11) is 0.405. The molecule has 1 saturated heterocycles. The molecular formula is C15H31P. The van der Waals surface area contributed by atoms with Crippen molar-refractivity contribution in [3.63, 3.8) is 0 Å². The molecule has 16 heavy (non-hydrogen) atoms. The van der Waals surface area contributed by atoms with Crippen LogP contribution in [0.1, 0.15) is 78.6 Å². The van der Waals surface area contributed by atoms with Crippen molar-refractivity contribution in [2.24, 2.45) is 0 Å². The fraction of sp³-hybridized carbons (Fsp3) is 1.00. The van der Waals surface area contributed by atoms with Crippen molar-refractivity contribution >= 4 is 7.92 Å². The van der Waals surface area contributed by atoms with Crippen molar-refractivity contribution in [1.29, 1.82) is 0 Å². The lowest BCUT2D eigenvalue weighted by molar-refractivity contribution is 0.618. The van der Waals surface area contributed by atoms with Gasteiger partial charge in [-0.2, -0.15) is 0 Å². The second-order valence-corrected chi connectivity index (χ2v) is 8.34. The van der Waals surface area contributed by atoms with Crippen LogP contribution in [-0.4, -0.2) is 17.5 Å². The van der Waals surface area contributed by atoms with E-state index in [9.17, 15) is 0 Å². The maximum atomic E-state index is 2.38. The third kappa shape index (κ3) is 4.36. The van der Waals surface area contributed by atoms with Gasteiger partial charge in [-0.1, -0.05) is 52.9 Å². The highest BCUT2D eigenvalue weighted by Gasteiger charge is 2.33. The third-order valence-corrected chi connectivity index (χ3v) is 7.91. The van der Waals surface area contributed by atoms with Crippen molar-refractivity contribution in [3.8, 4) is 0 Å². The molecule has 0 aromatic heterocycles. The average Bonchev–Trinajstić information content (AvgIpc) is 2.67. The van der Waals surface area contributed by atoms with Crippen LogP contribution >= 0.6 is 7.92 Å². The number of hydrogen-bond donors (Lipinski definition) is 0. The highest BCUT2D eigenvalue weighted by molar-refractivity contribution is 7.59. The second kappa shape index (κ2) is 8.51. The quantitative estimate of drug-likeness (QED) is 0.472. The van der Waals surface area contributed by atoms with Crippen molar-refractivity contribution in [3.05, 3.63) is 0 Å². The summed E-state index contributed by atoms with van der Waals surface area (Å²) >= 11 is 0. The van der Waals surface area contributed by atoms with Crippen LogP contribution in [0.25, 0.3) is 0 Å². The van der Waals surface area contributed by atoms with Crippen LogP contribution in [0.2, 0.25) is 0 Å². The fourth-order valence-electron chi connectivity index (χ4n) is 3.14. The minimum Gasteiger partial charge on any atom is -0.100 e. The molecule has 1 heterocycles. The second-order valence-electron chi connectivity index (χ2n) is 5.41. The van der Waals surface area contributed by atoms with Gasteiger partial charge in [-0.15, -0.1) is 7.92 Å². The van der Waals surface area contributed by atoms with Crippen LogP contribution in [0.5, 0.6) is 0 Å². The van der Waals surface area contributed by atoms with E-state index >= 15 is 0 Å². The molecule has 1 heteroatoms. The lowest BCUT2D eigenvalue weighted by Crippen LogP contribution is -2.07. The minimum absolute atomic E-state index is 0.405. The van der Waals surface area contributed by atoms with Gasteiger partial charge in [-0.25, -0.2) is 0 Å². The maximum Gasteiger partial charge on any atom is -0.0206 e. The monoisotopic (exact) mass is 242 g/mol. The summed E-state index contributed by atoms with van der Waals surface area (Å²) in [6.07, 6.45) is 15.0. The summed E-state index contributed by atoms with van der Waals surface area (Å²) in [5.74, 6) is 0. The Hall–Kier alpha value is 0.430. The predicted octanol–water partition coefficient (Wildman–Crippen LogP) is 5.79. The molecule has 0 saturated carbocycles. The summed E-state index contributed by atoms with van der Waals surface area (Å²) in [6, 6.07) is 0. The molecule has 2 atom stereocenters. The Balaban J connectivity index is 2.40. The Morgan fingerprint density at radius 2 is 1.31 bits per heavy atom. The first-order chi connectivity index (χ1) is 7.83. The smallest absolute Gasteiger partial charge is 0.0206 e. The molecule has 0 nitrogen and oxygen atoms in total. The molecule has 1 rings (SSSR count). The highest BCUT2D eigenvalue weighted by Crippen LogP contribution is 2.58. The third-order valence-electron chi connectivity index (χ3n) is 4.03. The van der Waals surface area contributed by atoms with Gasteiger partial charge in [0.25, 0.3) is 0 Å². The van der Waals surface area contributed by atoms with E-state index < -0.39 is 0 Å². The van der Waals surface area contributed by atoms with E-state index in [0.717, 1.165) is 11.3 Å². The first-order valence-electron chi connectivity index (χ1n) is 7.59. The predicted molar refractivity (Wildman–Crippen MR) is 77.9 cm³/mol. The van der Waals surface area contributed by atoms with Crippen LogP contribution in [0.4, 0.5) is 0 Å². The van der Waals surface area contributed by atoms with Crippen molar-refractivity contribution in [2.45, 2.75) is 89.9 Å². The molecule has 0 spiro atoms. The van der Waals surface area contributed by atoms with Crippen LogP contribution in [0.15, 0.2) is 0 Å². The molecule has 1 aliphatic heterocycles. The molecule has 0 aromatic carbocycles. The van der Waals surface area contributed by atoms with Crippen LogP contribution in [0, 0.1) is 0 Å². The minimum atomic E-state index is 0.405. The summed E-state index contributed by atoms with van der Waals surface area (Å²) < 4.78 is 0. The summed E-state index contributed by atoms with van der Waals surface area (Å²) in [5.41, 5.74) is 2.30. The number of rotatable bonds is 8. The topological polar surface area (TPSA) is 0 Å². The van der Waals surface area contributed by atoms with E-state index in [0.29, 0.717) is 7.92 Å². The molecule has 0 N–H and O–H groups in total. The van der Waals surface area contributed by atoms with Crippen molar-refractivity contribution in [1.82, 2.24) is 0 Å². The van der Waals surface area contributed by atoms with E-state index in [2.05, 4.69) is 20.8 Å². The SMILES string of the molecule is CCCCC1CCC(CCCC)P1CCC. The Bertz CT molecular complexity index is 151. The van der Waals surface area contributed by atoms with Gasteiger partial charge in [-0.3, -0.25) is 0 Å². The molecular weight excluding hydrogens is 211 g/mol. The van der Waals surface area contributed by atoms with Crippen molar-refractivity contribution in [2.75, 3.05) is 6.16 Å². The lowest BCUT2D eigenvalue weighted by atomic mass is 10.1. The van der Waals surface area contributed by atoms with Gasteiger partial charge in [0, 0.05) is 0 Å². The van der Waals surface area contributed by atoms with Crippen LogP contribution in [-0.2, 0) is 0 Å². The zero-order valence-corrected chi connectivity index (χ0v) is 12.6. The van der Waals surface area contributed by atoms with E-state index in [1.54, 1.807) is 31.8 Å². The average molecular weight is 242 g/mol. The molecule has 2 unspecified atom stereocenters. The number of hydrogen-bond acceptors (Lipinski definition) is 0. The largest absolute Gasteiger partial charge is 0.100 e. The fourth-order valence-corrected chi connectivity index (χ4v) is 6.97. The Morgan fingerprint density at radius 1 is 0.812 bits per heavy atom. The van der Waals surface area contributed by atoms with Gasteiger partial charge in [0.2, 0.25) is 0 Å². The molecule has 0 radical (unpaired) electrons. The van der Waals surface area contributed by atoms with E-state index in [-0.39, 0.29) is 0 Å². The van der Waals surface area contributed by atoms with E-state index in [1.165, 1.54) is 32.1 Å². The molecule has 96 valence electrons. The molecule has 0 aliphatic carbocycles. The molecule has 0 bridgehead atoms. The van der Waals surface area contributed by atoms with Gasteiger partial charge in [-0.05, 0) is 43.2 Å². The molecule has 1 aliphatic rings. The van der Waals surface area contributed by atoms with Crippen molar-refractivity contribution < 1.29 is 0 Å². The Kier molecular flexibility index (Phi) is 7.71. The first kappa shape index (κ1) is 14.5. The van der Waals surface area contributed by atoms with Gasteiger partial charge >= 0.3 is 0 Å². The zero-order valence-electron chi connectivity index (χ0n) is 11.7. The zero-order chi connectivity index (χ0) is 11.8. The van der Waals surface area contributed by atoms with Gasteiger partial charge in [0.05, 0.1) is 0 Å². The van der Waals surface area contributed by atoms with E-state index in [4.69, 9.17) is 0 Å². The Labute approximate surface area is 104 Å².